The van der Waals surface area contributed by atoms with Gasteiger partial charge in [-0.25, -0.2) is 5.09 Å². The molecule has 0 aromatic heterocycles. The van der Waals surface area contributed by atoms with Crippen LogP contribution in [-0.4, -0.2) is 19.1 Å². The number of rotatable bonds is 5. The van der Waals surface area contributed by atoms with Gasteiger partial charge in [0.15, 0.2) is 0 Å². The molecule has 0 spiro atoms. The Kier molecular flexibility index (Phi) is 6.44. The number of carbonyl (C=O) groups is 1. The first kappa shape index (κ1) is 11.9. The van der Waals surface area contributed by atoms with Crippen LogP contribution in [0.3, 0.4) is 0 Å². The summed E-state index contributed by atoms with van der Waals surface area (Å²) in [6.45, 7) is 4.11. The SMILES string of the molecule is COC(=O)[C@H](CC(C)C)NP=S. The van der Waals surface area contributed by atoms with Crippen molar-refractivity contribution in [2.45, 2.75) is 26.3 Å². The van der Waals surface area contributed by atoms with Gasteiger partial charge < -0.3 is 4.74 Å². The molecule has 1 N–H and O–H groups in total. The molecule has 0 amide bonds. The molecule has 70 valence electrons. The van der Waals surface area contributed by atoms with E-state index in [1.165, 1.54) is 7.11 Å². The largest absolute Gasteiger partial charge is 0.468 e. The summed E-state index contributed by atoms with van der Waals surface area (Å²) >= 11 is 4.70. The standard InChI is InChI=1S/C7H14NO2PS/c1-5(2)4-6(8-11-12)7(9)10-3/h5-6H,4H2,1-3H3,(H,8,12)/t6-/m0/s1. The molecular formula is C7H14NO2PS. The predicted molar refractivity (Wildman–Crippen MR) is 52.7 cm³/mol. The molecule has 0 saturated carbocycles. The van der Waals surface area contributed by atoms with E-state index in [4.69, 9.17) is 11.8 Å². The van der Waals surface area contributed by atoms with Gasteiger partial charge in [0.25, 0.3) is 0 Å². The van der Waals surface area contributed by atoms with Crippen molar-refractivity contribution in [3.05, 3.63) is 0 Å². The zero-order valence-corrected chi connectivity index (χ0v) is 9.24. The highest BCUT2D eigenvalue weighted by atomic mass is 32.4. The third-order valence-corrected chi connectivity index (χ3v) is 2.13. The molecular weight excluding hydrogens is 193 g/mol. The lowest BCUT2D eigenvalue weighted by Gasteiger charge is -2.14. The molecule has 0 bridgehead atoms. The van der Waals surface area contributed by atoms with Crippen LogP contribution in [0.15, 0.2) is 0 Å². The van der Waals surface area contributed by atoms with Gasteiger partial charge in [-0.2, -0.15) is 0 Å². The number of hydrogen-bond donors (Lipinski definition) is 1. The minimum Gasteiger partial charge on any atom is -0.468 e. The number of hydrogen-bond acceptors (Lipinski definition) is 3. The maximum absolute atomic E-state index is 11.1. The van der Waals surface area contributed by atoms with Gasteiger partial charge in [0.1, 0.15) is 6.04 Å². The normalized spacial score (nSPS) is 13.3. The molecule has 0 aliphatic carbocycles. The van der Waals surface area contributed by atoms with Crippen molar-refractivity contribution in [3.63, 3.8) is 0 Å². The first-order valence-electron chi connectivity index (χ1n) is 3.77. The fraction of sp³-hybridized carbons (Fsp3) is 0.857. The van der Waals surface area contributed by atoms with Crippen molar-refractivity contribution in [2.75, 3.05) is 7.11 Å². The Morgan fingerprint density at radius 1 is 1.67 bits per heavy atom. The third-order valence-electron chi connectivity index (χ3n) is 1.40. The van der Waals surface area contributed by atoms with Crippen LogP contribution in [0.2, 0.25) is 0 Å². The number of esters is 1. The fourth-order valence-corrected chi connectivity index (χ4v) is 1.60. The Hall–Kier alpha value is -0.0500. The molecule has 5 heteroatoms. The predicted octanol–water partition coefficient (Wildman–Crippen LogP) is 1.49. The van der Waals surface area contributed by atoms with E-state index in [0.29, 0.717) is 13.4 Å². The number of carbonyl (C=O) groups excluding carboxylic acids is 1. The highest BCUT2D eigenvalue weighted by Gasteiger charge is 2.18. The highest BCUT2D eigenvalue weighted by molar-refractivity contribution is 7.95. The Morgan fingerprint density at radius 2 is 2.25 bits per heavy atom. The number of nitrogens with one attached hydrogen (secondary N) is 1. The van der Waals surface area contributed by atoms with Crippen LogP contribution < -0.4 is 5.09 Å². The molecule has 0 aliphatic rings. The summed E-state index contributed by atoms with van der Waals surface area (Å²) in [4.78, 5) is 11.1. The fourth-order valence-electron chi connectivity index (χ4n) is 0.879. The Morgan fingerprint density at radius 3 is 2.58 bits per heavy atom. The smallest absolute Gasteiger partial charge is 0.323 e. The van der Waals surface area contributed by atoms with E-state index in [1.54, 1.807) is 0 Å². The van der Waals surface area contributed by atoms with Crippen LogP contribution in [0.4, 0.5) is 0 Å². The van der Waals surface area contributed by atoms with E-state index in [9.17, 15) is 4.79 Å². The third kappa shape index (κ3) is 4.75. The minimum atomic E-state index is -0.255. The summed E-state index contributed by atoms with van der Waals surface area (Å²) in [6, 6.07) is -0.255. The second-order valence-electron chi connectivity index (χ2n) is 2.93. The molecule has 0 heterocycles. The van der Waals surface area contributed by atoms with E-state index in [-0.39, 0.29) is 12.0 Å². The average Bonchev–Trinajstić information content (AvgIpc) is 2.01. The summed E-state index contributed by atoms with van der Waals surface area (Å²) in [6.07, 6.45) is 0.760. The van der Waals surface area contributed by atoms with E-state index < -0.39 is 0 Å². The maximum Gasteiger partial charge on any atom is 0.323 e. The van der Waals surface area contributed by atoms with Crippen molar-refractivity contribution in [1.29, 1.82) is 0 Å². The van der Waals surface area contributed by atoms with E-state index in [0.717, 1.165) is 6.42 Å². The van der Waals surface area contributed by atoms with Gasteiger partial charge in [-0.3, -0.25) is 4.79 Å². The van der Waals surface area contributed by atoms with Crippen molar-refractivity contribution in [2.24, 2.45) is 5.92 Å². The molecule has 1 atom stereocenters. The van der Waals surface area contributed by atoms with E-state index >= 15 is 0 Å². The summed E-state index contributed by atoms with van der Waals surface area (Å²) in [5, 5.41) is 2.88. The van der Waals surface area contributed by atoms with Gasteiger partial charge >= 0.3 is 5.97 Å². The molecule has 0 aliphatic heterocycles. The Balaban J connectivity index is 4.02. The first-order chi connectivity index (χ1) is 5.61. The van der Waals surface area contributed by atoms with Gasteiger partial charge in [-0.15, -0.1) is 0 Å². The first-order valence-corrected chi connectivity index (χ1v) is 5.68. The number of ether oxygens (including phenoxy) is 1. The van der Waals surface area contributed by atoms with Crippen molar-refractivity contribution >= 4 is 25.3 Å². The second kappa shape index (κ2) is 6.46. The van der Waals surface area contributed by atoms with Gasteiger partial charge in [-0.1, -0.05) is 13.8 Å². The molecule has 0 aromatic carbocycles. The van der Waals surface area contributed by atoms with Crippen molar-refractivity contribution in [1.82, 2.24) is 5.09 Å². The summed E-state index contributed by atoms with van der Waals surface area (Å²) < 4.78 is 4.61. The van der Waals surface area contributed by atoms with Crippen molar-refractivity contribution < 1.29 is 9.53 Å². The zero-order valence-electron chi connectivity index (χ0n) is 7.53. The molecule has 0 rings (SSSR count). The van der Waals surface area contributed by atoms with Crippen LogP contribution in [0.5, 0.6) is 0 Å². The summed E-state index contributed by atoms with van der Waals surface area (Å²) in [5.41, 5.74) is 0. The van der Waals surface area contributed by atoms with E-state index in [1.807, 2.05) is 0 Å². The lowest BCUT2D eigenvalue weighted by Crippen LogP contribution is -2.33. The molecule has 0 aromatic rings. The molecule has 0 saturated heterocycles. The van der Waals surface area contributed by atoms with E-state index in [2.05, 4.69) is 23.7 Å². The minimum absolute atomic E-state index is 0.235. The van der Waals surface area contributed by atoms with Gasteiger partial charge in [0.05, 0.1) is 14.6 Å². The van der Waals surface area contributed by atoms with Crippen LogP contribution in [0.25, 0.3) is 0 Å². The van der Waals surface area contributed by atoms with Crippen molar-refractivity contribution in [3.8, 4) is 0 Å². The monoisotopic (exact) mass is 207 g/mol. The molecule has 0 radical (unpaired) electrons. The van der Waals surface area contributed by atoms with Crippen LogP contribution in [0, 0.1) is 5.92 Å². The van der Waals surface area contributed by atoms with Gasteiger partial charge in [0.2, 0.25) is 0 Å². The molecule has 0 fully saturated rings. The lowest BCUT2D eigenvalue weighted by atomic mass is 10.1. The Bertz CT molecular complexity index is 163. The average molecular weight is 207 g/mol. The van der Waals surface area contributed by atoms with Gasteiger partial charge in [0, 0.05) is 0 Å². The van der Waals surface area contributed by atoms with Gasteiger partial charge in [-0.05, 0) is 24.1 Å². The highest BCUT2D eigenvalue weighted by Crippen LogP contribution is 2.08. The second-order valence-corrected chi connectivity index (χ2v) is 3.91. The summed E-state index contributed by atoms with van der Waals surface area (Å²) in [7, 11) is 1.98. The topological polar surface area (TPSA) is 38.3 Å². The Labute approximate surface area is 79.8 Å². The summed E-state index contributed by atoms with van der Waals surface area (Å²) in [5.74, 6) is 0.222. The molecule has 3 nitrogen and oxygen atoms in total. The van der Waals surface area contributed by atoms with Crippen LogP contribution >= 0.6 is 7.51 Å². The van der Waals surface area contributed by atoms with Crippen LogP contribution in [0.1, 0.15) is 20.3 Å². The van der Waals surface area contributed by atoms with Crippen LogP contribution in [-0.2, 0) is 21.3 Å². The molecule has 12 heavy (non-hydrogen) atoms. The zero-order chi connectivity index (χ0) is 9.56. The molecule has 0 unspecified atom stereocenters. The lowest BCUT2D eigenvalue weighted by molar-refractivity contribution is -0.142. The number of methoxy groups -OCH3 is 1. The maximum atomic E-state index is 11.1. The quantitative estimate of drug-likeness (QED) is 0.547.